The molecule has 2 aromatic carbocycles. The predicted molar refractivity (Wildman–Crippen MR) is 174 cm³/mol. The summed E-state index contributed by atoms with van der Waals surface area (Å²) in [5, 5.41) is 25.1. The van der Waals surface area contributed by atoms with Gasteiger partial charge in [-0.1, -0.05) is 48.9 Å². The Morgan fingerprint density at radius 3 is 2.56 bits per heavy atom. The minimum absolute atomic E-state index is 0.000110. The molecule has 3 aromatic rings. The van der Waals surface area contributed by atoms with E-state index in [1.165, 1.54) is 15.9 Å². The van der Waals surface area contributed by atoms with E-state index in [1.807, 2.05) is 0 Å². The fourth-order valence-corrected chi connectivity index (χ4v) is 7.90. The summed E-state index contributed by atoms with van der Waals surface area (Å²) in [5.74, 6) is -1.87. The van der Waals surface area contributed by atoms with Crippen molar-refractivity contribution in [2.75, 3.05) is 32.8 Å². The van der Waals surface area contributed by atoms with Gasteiger partial charge in [0.25, 0.3) is 0 Å². The van der Waals surface area contributed by atoms with Crippen molar-refractivity contribution < 1.29 is 32.6 Å². The predicted octanol–water partition coefficient (Wildman–Crippen LogP) is 0.801. The highest BCUT2D eigenvalue weighted by Gasteiger charge is 2.49. The van der Waals surface area contributed by atoms with E-state index in [0.717, 1.165) is 0 Å². The van der Waals surface area contributed by atoms with Crippen molar-refractivity contribution in [3.63, 3.8) is 0 Å². The number of aromatic nitrogens is 4. The molecule has 3 amide bonds. The quantitative estimate of drug-likeness (QED) is 0.230. The zero-order valence-corrected chi connectivity index (χ0v) is 28.1. The van der Waals surface area contributed by atoms with Crippen LogP contribution >= 0.6 is 11.6 Å². The van der Waals surface area contributed by atoms with Crippen LogP contribution in [0.1, 0.15) is 43.7 Å². The molecular weight excluding hydrogens is 664 g/mol. The molecule has 2 aliphatic heterocycles. The van der Waals surface area contributed by atoms with Gasteiger partial charge in [0.2, 0.25) is 27.7 Å². The Labute approximate surface area is 283 Å². The summed E-state index contributed by atoms with van der Waals surface area (Å²) >= 11 is 6.23. The van der Waals surface area contributed by atoms with Crippen LogP contribution in [0.15, 0.2) is 54.9 Å². The van der Waals surface area contributed by atoms with Gasteiger partial charge in [0.15, 0.2) is 0 Å². The smallest absolute Gasteiger partial charge is 0.244 e. The third-order valence-electron chi connectivity index (χ3n) is 8.63. The maximum absolute atomic E-state index is 14.5. The average Bonchev–Trinajstić information content (AvgIpc) is 3.76. The second kappa shape index (κ2) is 15.5. The van der Waals surface area contributed by atoms with Gasteiger partial charge in [-0.25, -0.2) is 13.1 Å². The van der Waals surface area contributed by atoms with Crippen molar-refractivity contribution in [3.8, 4) is 5.69 Å². The molecule has 0 aliphatic carbocycles. The number of hydrogen-bond donors (Lipinski definition) is 3. The molecule has 48 heavy (non-hydrogen) atoms. The number of morpholine rings is 1. The first-order valence-electron chi connectivity index (χ1n) is 15.7. The zero-order valence-electron chi connectivity index (χ0n) is 26.5. The molecule has 2 aliphatic rings. The molecule has 0 spiro atoms. The lowest BCUT2D eigenvalue weighted by molar-refractivity contribution is -0.144. The van der Waals surface area contributed by atoms with Crippen LogP contribution in [0, 0.1) is 0 Å². The monoisotopic (exact) mass is 702 g/mol. The number of carbonyl (C=O) groups excluding carboxylic acids is 3. The molecule has 3 atom stereocenters. The number of β-amino-alcohol motifs (C(OH)–C–C–N with tert-alkyl or cyclic N) is 1. The van der Waals surface area contributed by atoms with Crippen molar-refractivity contribution in [3.05, 3.63) is 71.0 Å². The highest BCUT2D eigenvalue weighted by atomic mass is 35.5. The van der Waals surface area contributed by atoms with E-state index in [-0.39, 0.29) is 44.7 Å². The Morgan fingerprint density at radius 2 is 1.88 bits per heavy atom. The number of aliphatic hydroxyl groups is 1. The zero-order chi connectivity index (χ0) is 34.3. The van der Waals surface area contributed by atoms with Gasteiger partial charge in [0, 0.05) is 44.0 Å². The fraction of sp³-hybridized carbons (Fsp3) is 0.484. The highest BCUT2D eigenvalue weighted by molar-refractivity contribution is 7.88. The number of tetrazole rings is 1. The minimum atomic E-state index is -4.12. The van der Waals surface area contributed by atoms with Gasteiger partial charge in [0.05, 0.1) is 30.8 Å². The molecule has 3 heterocycles. The third-order valence-corrected chi connectivity index (χ3v) is 10.3. The Balaban J connectivity index is 1.38. The van der Waals surface area contributed by atoms with E-state index >= 15 is 0 Å². The van der Waals surface area contributed by atoms with E-state index in [1.54, 1.807) is 60.4 Å². The van der Waals surface area contributed by atoms with E-state index in [9.17, 15) is 27.9 Å². The summed E-state index contributed by atoms with van der Waals surface area (Å²) in [7, 11) is -4.12. The van der Waals surface area contributed by atoms with E-state index in [2.05, 4.69) is 25.6 Å². The van der Waals surface area contributed by atoms with Crippen LogP contribution in [0.25, 0.3) is 5.69 Å². The van der Waals surface area contributed by atoms with Gasteiger partial charge >= 0.3 is 0 Å². The Kier molecular flexibility index (Phi) is 11.4. The van der Waals surface area contributed by atoms with Gasteiger partial charge < -0.3 is 25.0 Å². The van der Waals surface area contributed by atoms with Crippen LogP contribution in [-0.2, 0) is 41.4 Å². The van der Waals surface area contributed by atoms with Crippen LogP contribution in [-0.4, -0.2) is 112 Å². The molecule has 258 valence electrons. The summed E-state index contributed by atoms with van der Waals surface area (Å²) in [6.07, 6.45) is 0.0411. The molecule has 3 unspecified atom stereocenters. The molecular formula is C31H39ClN8O7S. The first-order chi connectivity index (χ1) is 23.0. The standard InChI is InChI=1S/C31H39ClN8O7S/c1-2-31(11-10-28(42)38-12-14-47-15-13-38,35-48(45,46)20-22-6-4-3-5-7-22)30(44)39-19-25(41)17-27(39)29(43)33-18-23-16-24(32)8-9-26(23)40-21-34-36-37-40/h3-9,16,21,25,27,35,41H,2,10-15,17-20H2,1H3,(H,33,43). The Hall–Kier alpha value is -3.96. The number of halogens is 1. The van der Waals surface area contributed by atoms with Crippen molar-refractivity contribution in [2.24, 2.45) is 0 Å². The molecule has 0 radical (unpaired) electrons. The van der Waals surface area contributed by atoms with Gasteiger partial charge in [-0.3, -0.25) is 14.4 Å². The normalized spacial score (nSPS) is 19.6. The van der Waals surface area contributed by atoms with Gasteiger partial charge in [-0.15, -0.1) is 5.10 Å². The number of sulfonamides is 1. The lowest BCUT2D eigenvalue weighted by Gasteiger charge is -2.38. The number of carbonyl (C=O) groups is 3. The number of hydrogen-bond acceptors (Lipinski definition) is 10. The number of likely N-dealkylation sites (tertiary alicyclic amines) is 1. The van der Waals surface area contributed by atoms with Gasteiger partial charge in [-0.05, 0) is 52.6 Å². The molecule has 5 rings (SSSR count). The first kappa shape index (κ1) is 35.3. The number of amides is 3. The Bertz CT molecular complexity index is 1690. The molecule has 17 heteroatoms. The molecule has 1 aromatic heterocycles. The molecule has 2 fully saturated rings. The third kappa shape index (κ3) is 8.54. The van der Waals surface area contributed by atoms with Gasteiger partial charge in [0.1, 0.15) is 17.9 Å². The maximum atomic E-state index is 14.5. The molecule has 0 saturated carbocycles. The number of nitrogens with one attached hydrogen (secondary N) is 2. The summed E-state index contributed by atoms with van der Waals surface area (Å²) in [6.45, 7) is 3.04. The summed E-state index contributed by atoms with van der Waals surface area (Å²) in [5.41, 5.74) is -0.0781. The summed E-state index contributed by atoms with van der Waals surface area (Å²) in [4.78, 5) is 44.2. The van der Waals surface area contributed by atoms with E-state index < -0.39 is 45.3 Å². The minimum Gasteiger partial charge on any atom is -0.391 e. The second-order valence-corrected chi connectivity index (χ2v) is 14.0. The lowest BCUT2D eigenvalue weighted by atomic mass is 9.89. The topological polar surface area (TPSA) is 189 Å². The van der Waals surface area contributed by atoms with Gasteiger partial charge in [-0.2, -0.15) is 4.72 Å². The van der Waals surface area contributed by atoms with Crippen LogP contribution in [0.3, 0.4) is 0 Å². The highest BCUT2D eigenvalue weighted by Crippen LogP contribution is 2.29. The number of benzene rings is 2. The maximum Gasteiger partial charge on any atom is 0.244 e. The number of nitrogens with zero attached hydrogens (tertiary/aromatic N) is 6. The molecule has 15 nitrogen and oxygen atoms in total. The van der Waals surface area contributed by atoms with Crippen molar-refractivity contribution in [2.45, 2.75) is 62.6 Å². The molecule has 2 saturated heterocycles. The number of rotatable bonds is 13. The first-order valence-corrected chi connectivity index (χ1v) is 17.7. The van der Waals surface area contributed by atoms with Crippen LogP contribution in [0.5, 0.6) is 0 Å². The largest absolute Gasteiger partial charge is 0.391 e. The van der Waals surface area contributed by atoms with E-state index in [4.69, 9.17) is 16.3 Å². The number of ether oxygens (including phenoxy) is 1. The number of aliphatic hydroxyl groups excluding tert-OH is 1. The SMILES string of the molecule is CCC(CCC(=O)N1CCOCC1)(NS(=O)(=O)Cc1ccccc1)C(=O)N1CC(O)CC1C(=O)NCc1cc(Cl)ccc1-n1cnnn1. The second-order valence-electron chi connectivity index (χ2n) is 11.9. The van der Waals surface area contributed by atoms with Crippen molar-refractivity contribution >= 4 is 39.3 Å². The van der Waals surface area contributed by atoms with Crippen molar-refractivity contribution in [1.29, 1.82) is 0 Å². The average molecular weight is 703 g/mol. The van der Waals surface area contributed by atoms with Crippen molar-refractivity contribution in [1.82, 2.24) is 40.0 Å². The van der Waals surface area contributed by atoms with Crippen LogP contribution < -0.4 is 10.0 Å². The van der Waals surface area contributed by atoms with Crippen LogP contribution in [0.4, 0.5) is 0 Å². The summed E-state index contributed by atoms with van der Waals surface area (Å²) < 4.78 is 36.6. The fourth-order valence-electron chi connectivity index (χ4n) is 6.07. The molecule has 3 N–H and O–H groups in total. The van der Waals surface area contributed by atoms with Crippen LogP contribution in [0.2, 0.25) is 5.02 Å². The van der Waals surface area contributed by atoms with E-state index in [0.29, 0.717) is 48.1 Å². The summed E-state index contributed by atoms with van der Waals surface area (Å²) in [6, 6.07) is 12.4. The lowest BCUT2D eigenvalue weighted by Crippen LogP contribution is -2.62. The Morgan fingerprint density at radius 1 is 1.12 bits per heavy atom. The molecule has 0 bridgehead atoms.